The molecule has 2 rings (SSSR count). The molecule has 2 aromatic carbocycles. The zero-order valence-electron chi connectivity index (χ0n) is 16.0. The lowest BCUT2D eigenvalue weighted by Gasteiger charge is -2.13. The van der Waals surface area contributed by atoms with E-state index in [0.29, 0.717) is 39.5 Å². The van der Waals surface area contributed by atoms with Crippen LogP contribution in [0.1, 0.15) is 16.7 Å². The first kappa shape index (κ1) is 22.5. The Morgan fingerprint density at radius 3 is 2.76 bits per heavy atom. The highest BCUT2D eigenvalue weighted by molar-refractivity contribution is 9.10. The number of allylic oxidation sites excluding steroid dienone is 1. The normalized spacial score (nSPS) is 10.8. The van der Waals surface area contributed by atoms with Gasteiger partial charge in [0, 0.05) is 10.7 Å². The van der Waals surface area contributed by atoms with Crippen LogP contribution in [0, 0.1) is 18.3 Å². The summed E-state index contributed by atoms with van der Waals surface area (Å²) in [5.41, 5.74) is 2.84. The predicted octanol–water partition coefficient (Wildman–Crippen LogP) is 6.25. The third-order valence-electron chi connectivity index (χ3n) is 4.04. The maximum absolute atomic E-state index is 12.6. The molecule has 0 atom stereocenters. The van der Waals surface area contributed by atoms with Crippen molar-refractivity contribution in [1.29, 1.82) is 5.26 Å². The van der Waals surface area contributed by atoms with Gasteiger partial charge in [-0.15, -0.1) is 6.58 Å². The second kappa shape index (κ2) is 10.7. The van der Waals surface area contributed by atoms with E-state index in [0.717, 1.165) is 11.1 Å². The van der Waals surface area contributed by atoms with E-state index in [1.807, 2.05) is 12.1 Å². The number of hydrogen-bond acceptors (Lipinski definition) is 3. The number of nitrogens with zero attached hydrogens (tertiary/aromatic N) is 1. The number of nitrogens with one attached hydrogen (secondary N) is 1. The molecular weight excluding hydrogens is 452 g/mol. The summed E-state index contributed by atoms with van der Waals surface area (Å²) in [6.07, 6.45) is 5.52. The van der Waals surface area contributed by atoms with Crippen molar-refractivity contribution in [3.8, 4) is 11.8 Å². The molecule has 0 bridgehead atoms. The van der Waals surface area contributed by atoms with Gasteiger partial charge in [-0.1, -0.05) is 36.4 Å². The Balaban J connectivity index is 2.37. The van der Waals surface area contributed by atoms with E-state index in [2.05, 4.69) is 34.4 Å². The molecule has 0 fully saturated rings. The summed E-state index contributed by atoms with van der Waals surface area (Å²) in [4.78, 5) is 12.6. The van der Waals surface area contributed by atoms with Gasteiger partial charge in [0.15, 0.2) is 0 Å². The number of carbonyl (C=O) groups excluding carboxylic acids is 1. The van der Waals surface area contributed by atoms with Crippen molar-refractivity contribution in [2.75, 3.05) is 11.9 Å². The van der Waals surface area contributed by atoms with Crippen LogP contribution in [0.4, 0.5) is 5.69 Å². The first-order chi connectivity index (χ1) is 13.9. The van der Waals surface area contributed by atoms with Crippen molar-refractivity contribution in [3.05, 3.63) is 87.4 Å². The Kier molecular flexibility index (Phi) is 8.26. The summed E-state index contributed by atoms with van der Waals surface area (Å²) in [6.45, 7) is 9.59. The van der Waals surface area contributed by atoms with Gasteiger partial charge in [0.2, 0.25) is 0 Å². The lowest BCUT2D eigenvalue weighted by atomic mass is 10.0. The highest BCUT2D eigenvalue weighted by Crippen LogP contribution is 2.32. The Hall–Kier alpha value is -2.81. The number of anilines is 1. The number of hydrogen-bond donors (Lipinski definition) is 1. The van der Waals surface area contributed by atoms with E-state index in [1.54, 1.807) is 43.3 Å². The molecule has 0 aliphatic rings. The van der Waals surface area contributed by atoms with Crippen molar-refractivity contribution >= 4 is 45.2 Å². The first-order valence-corrected chi connectivity index (χ1v) is 9.93. The predicted molar refractivity (Wildman–Crippen MR) is 122 cm³/mol. The fourth-order valence-electron chi connectivity index (χ4n) is 2.62. The molecule has 1 N–H and O–H groups in total. The molecule has 0 unspecified atom stereocenters. The van der Waals surface area contributed by atoms with Crippen LogP contribution in [0.3, 0.4) is 0 Å². The average molecular weight is 472 g/mol. The molecule has 29 heavy (non-hydrogen) atoms. The summed E-state index contributed by atoms with van der Waals surface area (Å²) in [5.74, 6) is 0.172. The minimum atomic E-state index is -0.508. The Bertz CT molecular complexity index is 1020. The number of carbonyl (C=O) groups is 1. The molecule has 0 aliphatic carbocycles. The van der Waals surface area contributed by atoms with Crippen LogP contribution in [0.15, 0.2) is 65.7 Å². The first-order valence-electron chi connectivity index (χ1n) is 8.76. The Labute approximate surface area is 184 Å². The fraction of sp³-hybridized carbons (Fsp3) is 0.130. The van der Waals surface area contributed by atoms with Crippen molar-refractivity contribution in [1.82, 2.24) is 0 Å². The van der Waals surface area contributed by atoms with Gasteiger partial charge in [-0.05, 0) is 76.3 Å². The highest BCUT2D eigenvalue weighted by Gasteiger charge is 2.14. The molecule has 2 aromatic rings. The average Bonchev–Trinajstić information content (AvgIpc) is 2.69. The molecule has 0 saturated heterocycles. The monoisotopic (exact) mass is 470 g/mol. The molecule has 0 aromatic heterocycles. The van der Waals surface area contributed by atoms with E-state index < -0.39 is 5.91 Å². The summed E-state index contributed by atoms with van der Waals surface area (Å²) in [6, 6.07) is 10.8. The van der Waals surface area contributed by atoms with Gasteiger partial charge in [0.1, 0.15) is 24.0 Å². The SMILES string of the molecule is C=CCOc1c(Br)cc(/C=C(/C#N)C(=O)Nc2cccc(Cl)c2C)cc1CC=C. The third kappa shape index (κ3) is 5.83. The fourth-order valence-corrected chi connectivity index (χ4v) is 3.42. The molecule has 0 heterocycles. The second-order valence-electron chi connectivity index (χ2n) is 6.12. The number of halogens is 2. The minimum absolute atomic E-state index is 0.0272. The van der Waals surface area contributed by atoms with Crippen LogP contribution >= 0.6 is 27.5 Å². The maximum Gasteiger partial charge on any atom is 0.266 e. The van der Waals surface area contributed by atoms with Crippen molar-refractivity contribution in [2.45, 2.75) is 13.3 Å². The zero-order chi connectivity index (χ0) is 21.4. The van der Waals surface area contributed by atoms with Gasteiger partial charge in [-0.3, -0.25) is 4.79 Å². The standard InChI is InChI=1S/C23H20BrClN2O2/c1-4-7-17-11-16(13-19(24)22(17)29-10-5-2)12-18(14-26)23(28)27-21-9-6-8-20(25)15(21)3/h4-6,8-9,11-13H,1-2,7,10H2,3H3,(H,27,28)/b18-12-. The number of benzene rings is 2. The molecule has 0 saturated carbocycles. The van der Waals surface area contributed by atoms with Crippen molar-refractivity contribution in [3.63, 3.8) is 0 Å². The number of amides is 1. The molecule has 1 amide bonds. The lowest BCUT2D eigenvalue weighted by Crippen LogP contribution is -2.14. The van der Waals surface area contributed by atoms with Gasteiger partial charge in [-0.25, -0.2) is 0 Å². The van der Waals surface area contributed by atoms with Crippen LogP contribution in [0.5, 0.6) is 5.75 Å². The zero-order valence-corrected chi connectivity index (χ0v) is 18.3. The smallest absolute Gasteiger partial charge is 0.266 e. The second-order valence-corrected chi connectivity index (χ2v) is 7.38. The quantitative estimate of drug-likeness (QED) is 0.281. The Morgan fingerprint density at radius 1 is 1.34 bits per heavy atom. The van der Waals surface area contributed by atoms with Crippen LogP contribution < -0.4 is 10.1 Å². The van der Waals surface area contributed by atoms with Crippen LogP contribution in [0.25, 0.3) is 6.08 Å². The molecule has 6 heteroatoms. The number of nitriles is 1. The summed E-state index contributed by atoms with van der Waals surface area (Å²) in [7, 11) is 0. The van der Waals surface area contributed by atoms with Crippen molar-refractivity contribution in [2.24, 2.45) is 0 Å². The molecule has 0 radical (unpaired) electrons. The molecule has 0 aliphatic heterocycles. The third-order valence-corrected chi connectivity index (χ3v) is 5.04. The maximum atomic E-state index is 12.6. The molecule has 148 valence electrons. The summed E-state index contributed by atoms with van der Waals surface area (Å²) >= 11 is 9.59. The van der Waals surface area contributed by atoms with Gasteiger partial charge >= 0.3 is 0 Å². The van der Waals surface area contributed by atoms with Gasteiger partial charge in [0.25, 0.3) is 5.91 Å². The van der Waals surface area contributed by atoms with Crippen LogP contribution in [-0.2, 0) is 11.2 Å². The molecular formula is C23H20BrClN2O2. The van der Waals surface area contributed by atoms with Crippen molar-refractivity contribution < 1.29 is 9.53 Å². The van der Waals surface area contributed by atoms with E-state index >= 15 is 0 Å². The summed E-state index contributed by atoms with van der Waals surface area (Å²) in [5, 5.41) is 12.8. The minimum Gasteiger partial charge on any atom is -0.488 e. The van der Waals surface area contributed by atoms with E-state index in [4.69, 9.17) is 16.3 Å². The number of ether oxygens (including phenoxy) is 1. The largest absolute Gasteiger partial charge is 0.488 e. The van der Waals surface area contributed by atoms with Crippen LogP contribution in [0.2, 0.25) is 5.02 Å². The Morgan fingerprint density at radius 2 is 2.10 bits per heavy atom. The van der Waals surface area contributed by atoms with Crippen LogP contribution in [-0.4, -0.2) is 12.5 Å². The number of rotatable bonds is 8. The van der Waals surface area contributed by atoms with Gasteiger partial charge < -0.3 is 10.1 Å². The van der Waals surface area contributed by atoms with E-state index in [1.165, 1.54) is 6.08 Å². The van der Waals surface area contributed by atoms with E-state index in [9.17, 15) is 10.1 Å². The topological polar surface area (TPSA) is 62.1 Å². The van der Waals surface area contributed by atoms with Gasteiger partial charge in [0.05, 0.1) is 4.47 Å². The highest BCUT2D eigenvalue weighted by atomic mass is 79.9. The molecule has 4 nitrogen and oxygen atoms in total. The lowest BCUT2D eigenvalue weighted by molar-refractivity contribution is -0.112. The summed E-state index contributed by atoms with van der Waals surface area (Å²) < 4.78 is 6.43. The van der Waals surface area contributed by atoms with Gasteiger partial charge in [-0.2, -0.15) is 5.26 Å². The van der Waals surface area contributed by atoms with E-state index in [-0.39, 0.29) is 5.57 Å². The molecule has 0 spiro atoms.